The summed E-state index contributed by atoms with van der Waals surface area (Å²) >= 11 is 0. The van der Waals surface area contributed by atoms with Gasteiger partial charge in [0.1, 0.15) is 17.3 Å². The molecule has 3 rings (SSSR count). The Morgan fingerprint density at radius 3 is 2.50 bits per heavy atom. The van der Waals surface area contributed by atoms with Crippen LogP contribution in [0.3, 0.4) is 0 Å². The number of carbonyl (C=O) groups is 1. The van der Waals surface area contributed by atoms with Gasteiger partial charge in [0, 0.05) is 12.5 Å². The summed E-state index contributed by atoms with van der Waals surface area (Å²) in [5, 5.41) is 0. The second-order valence-electron chi connectivity index (χ2n) is 6.38. The molecule has 132 valence electrons. The van der Waals surface area contributed by atoms with Crippen LogP contribution in [-0.4, -0.2) is 15.8 Å². The van der Waals surface area contributed by atoms with Crippen LogP contribution < -0.4 is 5.56 Å². The van der Waals surface area contributed by atoms with Crippen molar-refractivity contribution in [1.82, 2.24) is 9.97 Å². The van der Waals surface area contributed by atoms with Crippen molar-refractivity contribution >= 4 is 5.78 Å². The van der Waals surface area contributed by atoms with Crippen LogP contribution in [0, 0.1) is 12.7 Å². The average Bonchev–Trinajstić information content (AvgIpc) is 2.61. The fraction of sp³-hybridized carbons (Fsp3) is 0.190. The van der Waals surface area contributed by atoms with Gasteiger partial charge in [0.25, 0.3) is 5.56 Å². The van der Waals surface area contributed by atoms with Crippen LogP contribution in [0.25, 0.3) is 11.1 Å². The summed E-state index contributed by atoms with van der Waals surface area (Å²) in [4.78, 5) is 30.5. The highest BCUT2D eigenvalue weighted by Gasteiger charge is 2.15. The van der Waals surface area contributed by atoms with Gasteiger partial charge >= 0.3 is 0 Å². The van der Waals surface area contributed by atoms with Crippen LogP contribution in [0.1, 0.15) is 41.1 Å². The second-order valence-corrected chi connectivity index (χ2v) is 6.38. The number of aryl methyl sites for hydroxylation is 1. The molecular formula is C21H19FN2O2. The lowest BCUT2D eigenvalue weighted by Gasteiger charge is -2.12. The van der Waals surface area contributed by atoms with Crippen LogP contribution >= 0.6 is 0 Å². The van der Waals surface area contributed by atoms with E-state index in [1.807, 2.05) is 37.3 Å². The molecule has 0 fully saturated rings. The molecule has 0 aliphatic carbocycles. The Kier molecular flexibility index (Phi) is 5.07. The number of nitrogens with zero attached hydrogens (tertiary/aromatic N) is 1. The number of carbonyl (C=O) groups excluding carboxylic acids is 1. The first-order chi connectivity index (χ1) is 12.4. The van der Waals surface area contributed by atoms with Gasteiger partial charge in [-0.2, -0.15) is 0 Å². The van der Waals surface area contributed by atoms with Crippen LogP contribution in [0.4, 0.5) is 4.39 Å². The second kappa shape index (κ2) is 7.44. The Balaban J connectivity index is 1.74. The number of hydrogen-bond donors (Lipinski definition) is 1. The molecule has 1 heterocycles. The standard InChI is InChI=1S/C21H19FN2O2/c1-13(10-20(25)19-12-21(26)24-14(2)23-19)15-6-8-16(9-7-15)17-4-3-5-18(22)11-17/h3-9,11-13H,10H2,1-2H3,(H,23,24,26)/t13-/m0/s1. The van der Waals surface area contributed by atoms with Gasteiger partial charge in [-0.3, -0.25) is 9.59 Å². The molecule has 1 atom stereocenters. The van der Waals surface area contributed by atoms with Crippen molar-refractivity contribution in [2.45, 2.75) is 26.2 Å². The molecule has 0 radical (unpaired) electrons. The number of hydrogen-bond acceptors (Lipinski definition) is 3. The van der Waals surface area contributed by atoms with Gasteiger partial charge in [-0.15, -0.1) is 0 Å². The first kappa shape index (κ1) is 17.7. The van der Waals surface area contributed by atoms with E-state index in [1.165, 1.54) is 18.2 Å². The normalized spacial score (nSPS) is 12.0. The third kappa shape index (κ3) is 4.11. The van der Waals surface area contributed by atoms with Crippen LogP contribution in [0.15, 0.2) is 59.4 Å². The van der Waals surface area contributed by atoms with Crippen LogP contribution in [0.2, 0.25) is 0 Å². The summed E-state index contributed by atoms with van der Waals surface area (Å²) in [6.45, 7) is 3.60. The van der Waals surface area contributed by atoms with E-state index in [2.05, 4.69) is 9.97 Å². The topological polar surface area (TPSA) is 62.8 Å². The lowest BCUT2D eigenvalue weighted by molar-refractivity contribution is 0.0970. The Bertz CT molecular complexity index is 993. The molecular weight excluding hydrogens is 331 g/mol. The van der Waals surface area contributed by atoms with E-state index in [9.17, 15) is 14.0 Å². The van der Waals surface area contributed by atoms with E-state index < -0.39 is 0 Å². The average molecular weight is 350 g/mol. The quantitative estimate of drug-likeness (QED) is 0.699. The van der Waals surface area contributed by atoms with Gasteiger partial charge in [-0.25, -0.2) is 9.37 Å². The molecule has 26 heavy (non-hydrogen) atoms. The molecule has 1 N–H and O–H groups in total. The van der Waals surface area contributed by atoms with Gasteiger partial charge in [0.2, 0.25) is 0 Å². The van der Waals surface area contributed by atoms with E-state index in [1.54, 1.807) is 13.0 Å². The lowest BCUT2D eigenvalue weighted by atomic mass is 9.93. The molecule has 0 bridgehead atoms. The summed E-state index contributed by atoms with van der Waals surface area (Å²) in [6.07, 6.45) is 0.259. The first-order valence-corrected chi connectivity index (χ1v) is 8.39. The molecule has 3 aromatic rings. The Labute approximate surface area is 150 Å². The number of ketones is 1. The minimum Gasteiger partial charge on any atom is -0.311 e. The molecule has 5 heteroatoms. The van der Waals surface area contributed by atoms with Gasteiger partial charge < -0.3 is 4.98 Å². The number of H-pyrrole nitrogens is 1. The summed E-state index contributed by atoms with van der Waals surface area (Å²) in [5.41, 5.74) is 2.59. The summed E-state index contributed by atoms with van der Waals surface area (Å²) in [6, 6.07) is 15.4. The third-order valence-electron chi connectivity index (χ3n) is 4.28. The van der Waals surface area contributed by atoms with E-state index >= 15 is 0 Å². The minimum atomic E-state index is -0.326. The Hall–Kier alpha value is -3.08. The Morgan fingerprint density at radius 1 is 1.12 bits per heavy atom. The maximum atomic E-state index is 13.4. The van der Waals surface area contributed by atoms with Crippen molar-refractivity contribution in [3.63, 3.8) is 0 Å². The predicted molar refractivity (Wildman–Crippen MR) is 98.8 cm³/mol. The molecule has 0 saturated carbocycles. The third-order valence-corrected chi connectivity index (χ3v) is 4.28. The maximum absolute atomic E-state index is 13.4. The van der Waals surface area contributed by atoms with E-state index in [0.29, 0.717) is 5.82 Å². The van der Waals surface area contributed by atoms with Crippen LogP contribution in [-0.2, 0) is 0 Å². The zero-order valence-electron chi connectivity index (χ0n) is 14.6. The van der Waals surface area contributed by atoms with E-state index in [-0.39, 0.29) is 35.2 Å². The van der Waals surface area contributed by atoms with Crippen molar-refractivity contribution in [1.29, 1.82) is 0 Å². The number of halogens is 1. The number of aromatic nitrogens is 2. The van der Waals surface area contributed by atoms with Gasteiger partial charge in [0.05, 0.1) is 0 Å². The van der Waals surface area contributed by atoms with Gasteiger partial charge in [0.15, 0.2) is 5.78 Å². The van der Waals surface area contributed by atoms with Crippen LogP contribution in [0.5, 0.6) is 0 Å². The largest absolute Gasteiger partial charge is 0.311 e. The number of rotatable bonds is 5. The molecule has 0 aliphatic heterocycles. The SMILES string of the molecule is Cc1nc(C(=O)C[C@H](C)c2ccc(-c3cccc(F)c3)cc2)cc(=O)[nH]1. The highest BCUT2D eigenvalue weighted by molar-refractivity contribution is 5.94. The monoisotopic (exact) mass is 350 g/mol. The summed E-state index contributed by atoms with van der Waals surface area (Å²) in [5.74, 6) is -0.0366. The minimum absolute atomic E-state index is 0.0227. The lowest BCUT2D eigenvalue weighted by Crippen LogP contribution is -2.15. The smallest absolute Gasteiger partial charge is 0.251 e. The summed E-state index contributed by atoms with van der Waals surface area (Å²) < 4.78 is 13.4. The van der Waals surface area contributed by atoms with Crippen molar-refractivity contribution in [3.05, 3.63) is 87.9 Å². The predicted octanol–water partition coefficient (Wildman–Crippen LogP) is 4.26. The van der Waals surface area contributed by atoms with Crippen molar-refractivity contribution in [2.75, 3.05) is 0 Å². The Morgan fingerprint density at radius 2 is 1.85 bits per heavy atom. The highest BCUT2D eigenvalue weighted by atomic mass is 19.1. The molecule has 1 aromatic heterocycles. The zero-order chi connectivity index (χ0) is 18.7. The molecule has 0 amide bonds. The molecule has 0 aliphatic rings. The van der Waals surface area contributed by atoms with Crippen molar-refractivity contribution in [3.8, 4) is 11.1 Å². The number of Topliss-reactive ketones (excluding diaryl/α,β-unsaturated/α-hetero) is 1. The summed E-state index contributed by atoms with van der Waals surface area (Å²) in [7, 11) is 0. The highest BCUT2D eigenvalue weighted by Crippen LogP contribution is 2.25. The molecule has 0 saturated heterocycles. The first-order valence-electron chi connectivity index (χ1n) is 8.39. The maximum Gasteiger partial charge on any atom is 0.251 e. The van der Waals surface area contributed by atoms with Gasteiger partial charge in [-0.05, 0) is 41.7 Å². The van der Waals surface area contributed by atoms with Gasteiger partial charge in [-0.1, -0.05) is 43.3 Å². The fourth-order valence-corrected chi connectivity index (χ4v) is 2.89. The molecule has 0 unspecified atom stereocenters. The van der Waals surface area contributed by atoms with E-state index in [0.717, 1.165) is 16.7 Å². The fourth-order valence-electron chi connectivity index (χ4n) is 2.89. The molecule has 4 nitrogen and oxygen atoms in total. The van der Waals surface area contributed by atoms with Crippen molar-refractivity contribution in [2.24, 2.45) is 0 Å². The number of benzene rings is 2. The van der Waals surface area contributed by atoms with Crippen molar-refractivity contribution < 1.29 is 9.18 Å². The zero-order valence-corrected chi connectivity index (χ0v) is 14.6. The molecule has 0 spiro atoms. The van der Waals surface area contributed by atoms with E-state index in [4.69, 9.17) is 0 Å². The number of aromatic amines is 1. The number of nitrogens with one attached hydrogen (secondary N) is 1. The molecule has 2 aromatic carbocycles.